The van der Waals surface area contributed by atoms with Crippen LogP contribution >= 0.6 is 0 Å². The number of hydrogen-bond acceptors (Lipinski definition) is 6. The third kappa shape index (κ3) is 51.8. The molecule has 0 aromatic carbocycles. The van der Waals surface area contributed by atoms with Crippen molar-refractivity contribution in [3.05, 3.63) is 12.2 Å². The van der Waals surface area contributed by atoms with Gasteiger partial charge in [0.15, 0.2) is 0 Å². The summed E-state index contributed by atoms with van der Waals surface area (Å²) in [4.78, 5) is 40.9. The van der Waals surface area contributed by atoms with Crippen molar-refractivity contribution in [2.75, 3.05) is 0 Å². The third-order valence-corrected chi connectivity index (χ3v) is 3.65. The molecule has 9 heteroatoms. The van der Waals surface area contributed by atoms with Gasteiger partial charge in [-0.05, 0) is 32.1 Å². The van der Waals surface area contributed by atoms with Crippen LogP contribution in [0.3, 0.4) is 0 Å². The fraction of sp³-hybridized carbons (Fsp3) is 0.833. The van der Waals surface area contributed by atoms with Crippen LogP contribution in [0.5, 0.6) is 0 Å². The van der Waals surface area contributed by atoms with Crippen LogP contribution in [0.2, 0.25) is 0 Å². The smallest absolute Gasteiger partial charge is 0.870 e. The molecule has 0 aromatic heterocycles. The number of carbonyl (C=O) groups is 1. The molecule has 0 atom stereocenters. The summed E-state index contributed by atoms with van der Waals surface area (Å²) in [5.74, 6) is -0.664. The predicted molar refractivity (Wildman–Crippen MR) is 107 cm³/mol. The number of carboxylic acids is 1. The van der Waals surface area contributed by atoms with Crippen LogP contribution in [0.1, 0.15) is 96.8 Å². The average Bonchev–Trinajstić information content (AvgIpc) is 2.49. The summed E-state index contributed by atoms with van der Waals surface area (Å²) < 4.78 is 0. The quantitative estimate of drug-likeness (QED) is 0.181. The van der Waals surface area contributed by atoms with Gasteiger partial charge in [0, 0.05) is 6.42 Å². The molecule has 7 nitrogen and oxygen atoms in total. The van der Waals surface area contributed by atoms with E-state index in [9.17, 15) is 4.79 Å². The normalized spacial score (nSPS) is 10.6. The molecule has 0 fully saturated rings. The summed E-state index contributed by atoms with van der Waals surface area (Å²) in [6, 6.07) is 0. The topological polar surface area (TPSA) is 151 Å². The maximum atomic E-state index is 10.3. The number of rotatable bonds is 15. The van der Waals surface area contributed by atoms with E-state index in [4.69, 9.17) is 24.3 Å². The summed E-state index contributed by atoms with van der Waals surface area (Å²) in [5.41, 5.74) is 0. The summed E-state index contributed by atoms with van der Waals surface area (Å²) in [6.07, 6.45) is 21.2. The zero-order valence-corrected chi connectivity index (χ0v) is 19.2. The molecule has 158 valence electrons. The number of allylic oxidation sites excluding steroid dienone is 2. The van der Waals surface area contributed by atoms with E-state index in [1.54, 1.807) is 0 Å². The van der Waals surface area contributed by atoms with E-state index in [0.29, 0.717) is 6.42 Å². The van der Waals surface area contributed by atoms with Gasteiger partial charge in [0.05, 0.1) is 0 Å². The molecular weight excluding hydrogens is 381 g/mol. The Kier molecular flexibility index (Phi) is 33.2. The first-order valence-electron chi connectivity index (χ1n) is 9.51. The Bertz CT molecular complexity index is 317. The molecule has 27 heavy (non-hydrogen) atoms. The second kappa shape index (κ2) is 26.0. The van der Waals surface area contributed by atoms with Gasteiger partial charge in [0.1, 0.15) is 0 Å². The Morgan fingerprint density at radius 1 is 0.815 bits per heavy atom. The Balaban J connectivity index is -0.000000333. The zero-order valence-electron chi connectivity index (χ0n) is 16.8. The number of carboxylic acid groups (broad SMARTS) is 1. The summed E-state index contributed by atoms with van der Waals surface area (Å²) in [6.45, 7) is 2.26. The summed E-state index contributed by atoms with van der Waals surface area (Å²) in [7, 11) is -4.86. The first kappa shape index (κ1) is 34.5. The van der Waals surface area contributed by atoms with E-state index in [-0.39, 0.29) is 28.5 Å². The van der Waals surface area contributed by atoms with Gasteiger partial charge >= 0.3 is 38.1 Å². The molecule has 5 N–H and O–H groups in total. The van der Waals surface area contributed by atoms with Crippen LogP contribution in [0.25, 0.3) is 0 Å². The van der Waals surface area contributed by atoms with Gasteiger partial charge in [-0.2, -0.15) is 0 Å². The van der Waals surface area contributed by atoms with Gasteiger partial charge in [-0.3, -0.25) is 4.79 Å². The molecule has 0 unspecified atom stereocenters. The minimum absolute atomic E-state index is 0. The van der Waals surface area contributed by atoms with Gasteiger partial charge in [-0.1, -0.05) is 70.4 Å². The fourth-order valence-corrected chi connectivity index (χ4v) is 2.35. The van der Waals surface area contributed by atoms with Crippen molar-refractivity contribution in [1.82, 2.24) is 0 Å². The molecule has 0 saturated carbocycles. The molecule has 0 aliphatic rings. The van der Waals surface area contributed by atoms with Crippen molar-refractivity contribution in [2.24, 2.45) is 0 Å². The van der Waals surface area contributed by atoms with Crippen LogP contribution in [-0.4, -0.2) is 63.0 Å². The van der Waals surface area contributed by atoms with E-state index in [1.165, 1.54) is 70.6 Å². The SMILES string of the molecule is CCCCCCCC/C=C\CCCCCCCC(=O)O.[Mg+2].[O-][Si](O)(O)O.[OH-]. The Morgan fingerprint density at radius 2 is 1.15 bits per heavy atom. The Morgan fingerprint density at radius 3 is 1.52 bits per heavy atom. The summed E-state index contributed by atoms with van der Waals surface area (Å²) in [5, 5.41) is 8.51. The minimum atomic E-state index is -4.86. The van der Waals surface area contributed by atoms with Gasteiger partial charge in [0.2, 0.25) is 0 Å². The van der Waals surface area contributed by atoms with E-state index in [0.717, 1.165) is 12.8 Å². The molecule has 0 aromatic rings. The summed E-state index contributed by atoms with van der Waals surface area (Å²) >= 11 is 0. The molecule has 0 rings (SSSR count). The fourth-order valence-electron chi connectivity index (χ4n) is 2.35. The first-order valence-corrected chi connectivity index (χ1v) is 11.3. The van der Waals surface area contributed by atoms with Gasteiger partial charge < -0.3 is 29.8 Å². The molecule has 0 aliphatic heterocycles. The van der Waals surface area contributed by atoms with Gasteiger partial charge in [-0.15, -0.1) is 0 Å². The molecule has 0 radical (unpaired) electrons. The number of unbranched alkanes of at least 4 members (excludes halogenated alkanes) is 11. The molecule has 0 spiro atoms. The second-order valence-electron chi connectivity index (χ2n) is 6.30. The monoisotopic (exact) mass is 418 g/mol. The average molecular weight is 419 g/mol. The maximum absolute atomic E-state index is 10.3. The Labute approximate surface area is 181 Å². The van der Waals surface area contributed by atoms with Crippen LogP contribution < -0.4 is 4.80 Å². The van der Waals surface area contributed by atoms with Crippen LogP contribution in [-0.2, 0) is 4.79 Å². The van der Waals surface area contributed by atoms with Crippen LogP contribution in [0.15, 0.2) is 12.2 Å². The van der Waals surface area contributed by atoms with Crippen LogP contribution in [0, 0.1) is 0 Å². The van der Waals surface area contributed by atoms with Gasteiger partial charge in [-0.25, -0.2) is 0 Å². The molecular formula is C18H38MgO7Si. The largest absolute Gasteiger partial charge is 2.00 e. The van der Waals surface area contributed by atoms with Crippen molar-refractivity contribution in [3.63, 3.8) is 0 Å². The van der Waals surface area contributed by atoms with Crippen molar-refractivity contribution in [3.8, 4) is 0 Å². The van der Waals surface area contributed by atoms with E-state index in [1.807, 2.05) is 0 Å². The Hall–Kier alpha value is -0.00688. The predicted octanol–water partition coefficient (Wildman–Crippen LogP) is 2.31. The van der Waals surface area contributed by atoms with Crippen molar-refractivity contribution in [1.29, 1.82) is 0 Å². The van der Waals surface area contributed by atoms with Crippen LogP contribution in [0.4, 0.5) is 0 Å². The molecule has 0 aliphatic carbocycles. The third-order valence-electron chi connectivity index (χ3n) is 3.65. The van der Waals surface area contributed by atoms with Crippen molar-refractivity contribution in [2.45, 2.75) is 96.8 Å². The molecule has 0 heterocycles. The van der Waals surface area contributed by atoms with E-state index in [2.05, 4.69) is 19.1 Å². The van der Waals surface area contributed by atoms with Crippen molar-refractivity contribution < 1.29 is 34.6 Å². The van der Waals surface area contributed by atoms with E-state index < -0.39 is 15.0 Å². The zero-order chi connectivity index (χ0) is 19.4. The molecule has 0 amide bonds. The molecule has 0 bridgehead atoms. The minimum Gasteiger partial charge on any atom is -0.870 e. The van der Waals surface area contributed by atoms with Gasteiger partial charge in [0.25, 0.3) is 0 Å². The first-order chi connectivity index (χ1) is 11.8. The van der Waals surface area contributed by atoms with E-state index >= 15 is 0 Å². The standard InChI is InChI=1S/C18H34O2.Mg.H3O4Si.H2O/c1-2-3-4-5-6-7-8-9-10-11-12-13-14-15-16-17-18(19)20;;1-5(2,3)4;/h9-10H,2-8,11-17H2,1H3,(H,19,20);;1-3H;1H2/q;+2;-1;/p-1/b10-9-;;;. The van der Waals surface area contributed by atoms with Crippen molar-refractivity contribution >= 4 is 38.1 Å². The second-order valence-corrected chi connectivity index (χ2v) is 7.45. The molecule has 0 saturated heterocycles. The maximum Gasteiger partial charge on any atom is 2.00 e. The number of hydrogen-bond donors (Lipinski definition) is 4. The number of aliphatic carboxylic acids is 1.